The van der Waals surface area contributed by atoms with Crippen molar-refractivity contribution in [3.63, 3.8) is 0 Å². The number of H-pyrrole nitrogens is 2. The highest BCUT2D eigenvalue weighted by atomic mass is 15.1. The Balaban J connectivity index is 1.53. The number of nitrogens with zero attached hydrogens (tertiary/aromatic N) is 3. The van der Waals surface area contributed by atoms with Crippen LogP contribution in [0.1, 0.15) is 13.3 Å². The molecule has 4 aromatic heterocycles. The van der Waals surface area contributed by atoms with Gasteiger partial charge in [-0.25, -0.2) is 0 Å². The van der Waals surface area contributed by atoms with E-state index < -0.39 is 0 Å². The maximum atomic E-state index is 4.58. The number of nitrogens with one attached hydrogen (secondary N) is 3. The van der Waals surface area contributed by atoms with E-state index in [0.717, 1.165) is 63.6 Å². The third-order valence-corrected chi connectivity index (χ3v) is 5.71. The molecule has 0 spiro atoms. The molecule has 3 N–H and O–H groups in total. The Kier molecular flexibility index (Phi) is 5.06. The predicted molar refractivity (Wildman–Crippen MR) is 125 cm³/mol. The van der Waals surface area contributed by atoms with E-state index >= 15 is 0 Å². The topological polar surface area (TPSA) is 82.3 Å². The smallest absolute Gasteiger partial charge is 0.116 e. The number of allylic oxidation sites excluding steroid dienone is 2. The van der Waals surface area contributed by atoms with Crippen LogP contribution in [0.3, 0.4) is 0 Å². The van der Waals surface area contributed by atoms with Crippen LogP contribution in [0.25, 0.3) is 46.2 Å². The number of pyridine rings is 2. The summed E-state index contributed by atoms with van der Waals surface area (Å²) < 4.78 is 0. The standard InChI is InChI=1S/C25H24N6/c1-16(18-7-11-26-12-8-18)5-6-21-17(2)24(31-30-21)23-14-20-22(29-23)9-13-28-25(20)19-4-3-10-27-15-19/h3-7,9-10,13-15,26,29-30H,2,8,11-12H2,1H3/b16-5+,21-6+. The van der Waals surface area contributed by atoms with Gasteiger partial charge in [-0.1, -0.05) is 18.7 Å². The fourth-order valence-corrected chi connectivity index (χ4v) is 3.95. The summed E-state index contributed by atoms with van der Waals surface area (Å²) in [5.74, 6) is 0. The maximum absolute atomic E-state index is 4.58. The van der Waals surface area contributed by atoms with Gasteiger partial charge in [-0.15, -0.1) is 0 Å². The fraction of sp³-hybridized carbons (Fsp3) is 0.160. The van der Waals surface area contributed by atoms with E-state index in [1.165, 1.54) is 11.1 Å². The second-order valence-electron chi connectivity index (χ2n) is 7.71. The van der Waals surface area contributed by atoms with Crippen molar-refractivity contribution in [1.82, 2.24) is 30.5 Å². The van der Waals surface area contributed by atoms with Crippen molar-refractivity contribution in [2.24, 2.45) is 0 Å². The van der Waals surface area contributed by atoms with Gasteiger partial charge in [0.15, 0.2) is 0 Å². The lowest BCUT2D eigenvalue weighted by molar-refractivity contribution is 0.707. The normalized spacial score (nSPS) is 15.5. The molecular formula is C25H24N6. The molecule has 0 unspecified atom stereocenters. The van der Waals surface area contributed by atoms with Crippen LogP contribution < -0.4 is 15.9 Å². The van der Waals surface area contributed by atoms with Crippen molar-refractivity contribution in [3.8, 4) is 22.6 Å². The fourth-order valence-electron chi connectivity index (χ4n) is 3.95. The van der Waals surface area contributed by atoms with Crippen LogP contribution >= 0.6 is 0 Å². The molecule has 0 fully saturated rings. The summed E-state index contributed by atoms with van der Waals surface area (Å²) in [6.07, 6.45) is 12.9. The highest BCUT2D eigenvalue weighted by Gasteiger charge is 2.12. The Bertz CT molecular complexity index is 1410. The van der Waals surface area contributed by atoms with Crippen LogP contribution in [0, 0.1) is 0 Å². The van der Waals surface area contributed by atoms with Crippen molar-refractivity contribution in [2.75, 3.05) is 13.1 Å². The van der Waals surface area contributed by atoms with Gasteiger partial charge in [-0.3, -0.25) is 15.1 Å². The zero-order valence-corrected chi connectivity index (χ0v) is 17.4. The number of aromatic amines is 2. The highest BCUT2D eigenvalue weighted by molar-refractivity contribution is 5.95. The second-order valence-corrected chi connectivity index (χ2v) is 7.71. The zero-order chi connectivity index (χ0) is 21.2. The monoisotopic (exact) mass is 408 g/mol. The molecular weight excluding hydrogens is 384 g/mol. The van der Waals surface area contributed by atoms with Gasteiger partial charge < -0.3 is 10.3 Å². The van der Waals surface area contributed by atoms with Gasteiger partial charge in [-0.2, -0.15) is 5.10 Å². The molecule has 31 heavy (non-hydrogen) atoms. The molecule has 5 heterocycles. The SMILES string of the molecule is C=c1c(-c2cc3c(-c4cccnc4)nccc3[nH]2)n[nH]/c1=C/C=C(\C)C1=CCNCC1. The molecule has 0 saturated carbocycles. The first-order valence-electron chi connectivity index (χ1n) is 10.4. The minimum Gasteiger partial charge on any atom is -0.353 e. The third kappa shape index (κ3) is 3.73. The molecule has 6 nitrogen and oxygen atoms in total. The minimum atomic E-state index is 0.812. The molecule has 0 radical (unpaired) electrons. The number of aromatic nitrogens is 5. The van der Waals surface area contributed by atoms with E-state index in [9.17, 15) is 0 Å². The lowest BCUT2D eigenvalue weighted by Gasteiger charge is -2.13. The Labute approximate surface area is 180 Å². The number of fused-ring (bicyclic) bond motifs is 1. The van der Waals surface area contributed by atoms with Crippen LogP contribution in [-0.4, -0.2) is 38.2 Å². The lowest BCUT2D eigenvalue weighted by Crippen LogP contribution is -2.22. The second kappa shape index (κ2) is 8.16. The van der Waals surface area contributed by atoms with Gasteiger partial charge in [0.2, 0.25) is 0 Å². The summed E-state index contributed by atoms with van der Waals surface area (Å²) in [4.78, 5) is 12.3. The van der Waals surface area contributed by atoms with Gasteiger partial charge in [0.05, 0.1) is 16.7 Å². The molecule has 0 aromatic carbocycles. The van der Waals surface area contributed by atoms with Crippen molar-refractivity contribution in [1.29, 1.82) is 0 Å². The molecule has 4 aromatic rings. The molecule has 0 bridgehead atoms. The Morgan fingerprint density at radius 1 is 1.19 bits per heavy atom. The third-order valence-electron chi connectivity index (χ3n) is 5.71. The van der Waals surface area contributed by atoms with Gasteiger partial charge in [0.1, 0.15) is 5.69 Å². The van der Waals surface area contributed by atoms with Crippen molar-refractivity contribution < 1.29 is 0 Å². The van der Waals surface area contributed by atoms with Crippen LogP contribution in [0.2, 0.25) is 0 Å². The number of rotatable bonds is 4. The average molecular weight is 409 g/mol. The Morgan fingerprint density at radius 2 is 2.13 bits per heavy atom. The van der Waals surface area contributed by atoms with Gasteiger partial charge >= 0.3 is 0 Å². The van der Waals surface area contributed by atoms with Crippen LogP contribution in [-0.2, 0) is 0 Å². The molecule has 0 aliphatic carbocycles. The van der Waals surface area contributed by atoms with E-state index in [0.29, 0.717) is 0 Å². The number of hydrogen-bond donors (Lipinski definition) is 3. The zero-order valence-electron chi connectivity index (χ0n) is 17.4. The highest BCUT2D eigenvalue weighted by Crippen LogP contribution is 2.28. The summed E-state index contributed by atoms with van der Waals surface area (Å²) in [6.45, 7) is 8.39. The van der Waals surface area contributed by atoms with E-state index in [1.54, 1.807) is 6.20 Å². The van der Waals surface area contributed by atoms with Gasteiger partial charge in [-0.05, 0) is 61.4 Å². The minimum absolute atomic E-state index is 0.812. The molecule has 1 aliphatic heterocycles. The molecule has 5 rings (SSSR count). The first-order valence-corrected chi connectivity index (χ1v) is 10.4. The van der Waals surface area contributed by atoms with Crippen LogP contribution in [0.5, 0.6) is 0 Å². The predicted octanol–water partition coefficient (Wildman–Crippen LogP) is 3.07. The summed E-state index contributed by atoms with van der Waals surface area (Å²) in [5.41, 5.74) is 7.28. The molecule has 1 aliphatic rings. The quantitative estimate of drug-likeness (QED) is 0.485. The maximum Gasteiger partial charge on any atom is 0.116 e. The summed E-state index contributed by atoms with van der Waals surface area (Å²) in [6, 6.07) is 7.99. The molecule has 0 amide bonds. The first-order chi connectivity index (χ1) is 15.2. The molecule has 0 saturated heterocycles. The van der Waals surface area contributed by atoms with E-state index in [-0.39, 0.29) is 0 Å². The van der Waals surface area contributed by atoms with Gasteiger partial charge in [0.25, 0.3) is 0 Å². The Morgan fingerprint density at radius 3 is 2.94 bits per heavy atom. The number of hydrogen-bond acceptors (Lipinski definition) is 4. The van der Waals surface area contributed by atoms with Crippen LogP contribution in [0.4, 0.5) is 0 Å². The largest absolute Gasteiger partial charge is 0.353 e. The molecule has 154 valence electrons. The molecule has 6 heteroatoms. The van der Waals surface area contributed by atoms with Gasteiger partial charge in [0, 0.05) is 46.8 Å². The van der Waals surface area contributed by atoms with E-state index in [4.69, 9.17) is 0 Å². The van der Waals surface area contributed by atoms with Crippen molar-refractivity contribution in [3.05, 3.63) is 76.7 Å². The summed E-state index contributed by atoms with van der Waals surface area (Å²) in [5, 5.41) is 13.8. The summed E-state index contributed by atoms with van der Waals surface area (Å²) >= 11 is 0. The first kappa shape index (κ1) is 19.2. The molecule has 0 atom stereocenters. The van der Waals surface area contributed by atoms with E-state index in [2.05, 4.69) is 68.3 Å². The van der Waals surface area contributed by atoms with Crippen molar-refractivity contribution in [2.45, 2.75) is 13.3 Å². The Hall–Kier alpha value is -3.77. The lowest BCUT2D eigenvalue weighted by atomic mass is 10.0. The average Bonchev–Trinajstić information content (AvgIpc) is 3.41. The van der Waals surface area contributed by atoms with Crippen LogP contribution in [0.15, 0.2) is 66.2 Å². The van der Waals surface area contributed by atoms with Crippen molar-refractivity contribution >= 4 is 23.6 Å². The summed E-state index contributed by atoms with van der Waals surface area (Å²) in [7, 11) is 0. The van der Waals surface area contributed by atoms with E-state index in [1.807, 2.05) is 30.6 Å².